The lowest BCUT2D eigenvalue weighted by molar-refractivity contribution is -0.121. The van der Waals surface area contributed by atoms with Gasteiger partial charge in [-0.15, -0.1) is 0 Å². The quantitative estimate of drug-likeness (QED) is 0.802. The number of carbonyl (C=O) groups is 1. The number of thioether (sulfide) groups is 1. The molecule has 0 saturated carbocycles. The lowest BCUT2D eigenvalue weighted by Crippen LogP contribution is -2.23. The van der Waals surface area contributed by atoms with Crippen molar-refractivity contribution in [3.05, 3.63) is 28.7 Å². The molecular weight excluding hydrogens is 276 g/mol. The first-order valence-corrected chi connectivity index (χ1v) is 6.79. The van der Waals surface area contributed by atoms with E-state index in [9.17, 15) is 4.79 Å². The van der Waals surface area contributed by atoms with Gasteiger partial charge in [0.2, 0.25) is 0 Å². The van der Waals surface area contributed by atoms with Crippen molar-refractivity contribution in [3.63, 3.8) is 0 Å². The zero-order chi connectivity index (χ0) is 14.7. The minimum absolute atomic E-state index is 0.0690. The highest BCUT2D eigenvalue weighted by Crippen LogP contribution is 2.36. The van der Waals surface area contributed by atoms with Crippen LogP contribution in [0.1, 0.15) is 5.56 Å². The summed E-state index contributed by atoms with van der Waals surface area (Å²) in [5.41, 5.74) is 0.799. The fourth-order valence-corrected chi connectivity index (χ4v) is 2.83. The summed E-state index contributed by atoms with van der Waals surface area (Å²) in [6.07, 6.45) is 1.79. The van der Waals surface area contributed by atoms with Gasteiger partial charge in [-0.2, -0.15) is 0 Å². The average molecular weight is 292 g/mol. The molecule has 0 bridgehead atoms. The molecule has 0 spiro atoms. The van der Waals surface area contributed by atoms with E-state index in [4.69, 9.17) is 9.47 Å². The number of aliphatic imine (C=N–C) groups is 1. The lowest BCUT2D eigenvalue weighted by Gasteiger charge is -2.10. The van der Waals surface area contributed by atoms with Crippen molar-refractivity contribution in [3.8, 4) is 11.5 Å². The summed E-state index contributed by atoms with van der Waals surface area (Å²) in [5, 5.41) is 0.683. The van der Waals surface area contributed by atoms with Gasteiger partial charge in [0.15, 0.2) is 16.7 Å². The number of hydrogen-bond donors (Lipinski definition) is 0. The first-order chi connectivity index (χ1) is 9.62. The summed E-state index contributed by atoms with van der Waals surface area (Å²) in [5.74, 6) is 1.18. The molecule has 2 rings (SSSR count). The zero-order valence-electron chi connectivity index (χ0n) is 11.8. The summed E-state index contributed by atoms with van der Waals surface area (Å²) in [6.45, 7) is 0. The van der Waals surface area contributed by atoms with Crippen molar-refractivity contribution >= 4 is 28.9 Å². The fraction of sp³-hybridized carbons (Fsp3) is 0.286. The van der Waals surface area contributed by atoms with E-state index in [1.54, 1.807) is 34.4 Å². The van der Waals surface area contributed by atoms with Gasteiger partial charge in [-0.25, -0.2) is 0 Å². The maximum absolute atomic E-state index is 12.1. The highest BCUT2D eigenvalue weighted by atomic mass is 32.2. The van der Waals surface area contributed by atoms with Crippen molar-refractivity contribution in [2.45, 2.75) is 0 Å². The number of nitrogens with zero attached hydrogens (tertiary/aromatic N) is 2. The second-order valence-electron chi connectivity index (χ2n) is 4.06. The first-order valence-electron chi connectivity index (χ1n) is 5.97. The van der Waals surface area contributed by atoms with Crippen molar-refractivity contribution in [1.29, 1.82) is 0 Å². The Labute approximate surface area is 122 Å². The third kappa shape index (κ3) is 2.51. The fourth-order valence-electron chi connectivity index (χ4n) is 1.92. The van der Waals surface area contributed by atoms with Crippen LogP contribution in [-0.4, -0.2) is 44.3 Å². The van der Waals surface area contributed by atoms with Crippen LogP contribution in [-0.2, 0) is 4.79 Å². The number of methoxy groups -OCH3 is 2. The molecule has 106 valence electrons. The van der Waals surface area contributed by atoms with Gasteiger partial charge >= 0.3 is 0 Å². The molecule has 1 heterocycles. The summed E-state index contributed by atoms with van der Waals surface area (Å²) >= 11 is 1.35. The summed E-state index contributed by atoms with van der Waals surface area (Å²) in [7, 11) is 6.54. The van der Waals surface area contributed by atoms with Gasteiger partial charge in [0.1, 0.15) is 0 Å². The van der Waals surface area contributed by atoms with Crippen LogP contribution in [0.3, 0.4) is 0 Å². The molecule has 1 aliphatic rings. The van der Waals surface area contributed by atoms with Gasteiger partial charge in [0.25, 0.3) is 5.91 Å². The molecule has 0 atom stereocenters. The molecule has 0 aromatic heterocycles. The van der Waals surface area contributed by atoms with E-state index in [0.29, 0.717) is 21.6 Å². The molecule has 1 fully saturated rings. The number of para-hydroxylation sites is 1. The van der Waals surface area contributed by atoms with Crippen molar-refractivity contribution in [2.24, 2.45) is 4.99 Å². The molecule has 0 radical (unpaired) electrons. The molecule has 1 aromatic carbocycles. The van der Waals surface area contributed by atoms with Crippen LogP contribution in [0, 0.1) is 0 Å². The molecular formula is C14H16N2O3S. The highest BCUT2D eigenvalue weighted by Gasteiger charge is 2.30. The van der Waals surface area contributed by atoms with Crippen molar-refractivity contribution in [1.82, 2.24) is 4.90 Å². The van der Waals surface area contributed by atoms with E-state index in [1.807, 2.05) is 18.2 Å². The van der Waals surface area contributed by atoms with E-state index >= 15 is 0 Å². The third-order valence-corrected chi connectivity index (χ3v) is 4.07. The topological polar surface area (TPSA) is 51.1 Å². The first kappa shape index (κ1) is 14.5. The molecule has 5 nitrogen and oxygen atoms in total. The van der Waals surface area contributed by atoms with E-state index in [2.05, 4.69) is 4.99 Å². The smallest absolute Gasteiger partial charge is 0.266 e. The number of ether oxygens (including phenoxy) is 2. The largest absolute Gasteiger partial charge is 0.493 e. The summed E-state index contributed by atoms with van der Waals surface area (Å²) in [4.78, 5) is 18.3. The second-order valence-corrected chi connectivity index (χ2v) is 5.07. The molecule has 0 unspecified atom stereocenters. The third-order valence-electron chi connectivity index (χ3n) is 2.91. The van der Waals surface area contributed by atoms with Crippen LogP contribution < -0.4 is 9.47 Å². The van der Waals surface area contributed by atoms with E-state index in [0.717, 1.165) is 5.56 Å². The number of likely N-dealkylation sites (N-methyl/N-ethyl adjacent to an activating group) is 1. The van der Waals surface area contributed by atoms with E-state index in [-0.39, 0.29) is 5.91 Å². The Balaban J connectivity index is 2.44. The maximum atomic E-state index is 12.1. The van der Waals surface area contributed by atoms with Crippen LogP contribution >= 0.6 is 11.8 Å². The Hall–Kier alpha value is -1.95. The Kier molecular flexibility index (Phi) is 4.34. The number of rotatable bonds is 3. The van der Waals surface area contributed by atoms with Gasteiger partial charge in [0.05, 0.1) is 19.1 Å². The van der Waals surface area contributed by atoms with Gasteiger partial charge < -0.3 is 9.47 Å². The van der Waals surface area contributed by atoms with E-state index < -0.39 is 0 Å². The number of benzene rings is 1. The number of amidine groups is 1. The van der Waals surface area contributed by atoms with Crippen molar-refractivity contribution in [2.75, 3.05) is 28.3 Å². The van der Waals surface area contributed by atoms with Gasteiger partial charge in [0, 0.05) is 19.7 Å². The number of carbonyl (C=O) groups excluding carboxylic acids is 1. The van der Waals surface area contributed by atoms with Gasteiger partial charge in [-0.3, -0.25) is 14.7 Å². The normalized spacial score (nSPS) is 19.0. The summed E-state index contributed by atoms with van der Waals surface area (Å²) in [6, 6.07) is 5.55. The van der Waals surface area contributed by atoms with Crippen LogP contribution in [0.5, 0.6) is 11.5 Å². The summed E-state index contributed by atoms with van der Waals surface area (Å²) < 4.78 is 10.6. The second kappa shape index (κ2) is 6.00. The molecule has 0 aliphatic carbocycles. The minimum Gasteiger partial charge on any atom is -0.493 e. The zero-order valence-corrected chi connectivity index (χ0v) is 12.7. The standard InChI is InChI=1S/C14H16N2O3S/c1-15-14-16(2)13(17)11(20-14)8-9-6-5-7-10(18-3)12(9)19-4/h5-8H,1-4H3/b11-8+,15-14?. The Morgan fingerprint density at radius 2 is 2.05 bits per heavy atom. The minimum atomic E-state index is -0.0690. The monoisotopic (exact) mass is 292 g/mol. The molecule has 1 amide bonds. The molecule has 20 heavy (non-hydrogen) atoms. The number of hydrogen-bond acceptors (Lipinski definition) is 5. The maximum Gasteiger partial charge on any atom is 0.266 e. The Morgan fingerprint density at radius 1 is 1.30 bits per heavy atom. The molecule has 6 heteroatoms. The van der Waals surface area contributed by atoms with Crippen LogP contribution in [0.25, 0.3) is 6.08 Å². The SMILES string of the molecule is CN=C1S/C(=C/c2cccc(OC)c2OC)C(=O)N1C. The lowest BCUT2D eigenvalue weighted by atomic mass is 10.1. The molecule has 1 aliphatic heterocycles. The Morgan fingerprint density at radius 3 is 2.60 bits per heavy atom. The van der Waals surface area contributed by atoms with Crippen LogP contribution in [0.2, 0.25) is 0 Å². The van der Waals surface area contributed by atoms with Crippen molar-refractivity contribution < 1.29 is 14.3 Å². The number of amides is 1. The van der Waals surface area contributed by atoms with Gasteiger partial charge in [-0.1, -0.05) is 12.1 Å². The van der Waals surface area contributed by atoms with Crippen LogP contribution in [0.15, 0.2) is 28.1 Å². The van der Waals surface area contributed by atoms with Gasteiger partial charge in [-0.05, 0) is 23.9 Å². The Bertz CT molecular complexity index is 596. The molecule has 0 N–H and O–H groups in total. The molecule has 1 saturated heterocycles. The molecule has 1 aromatic rings. The predicted octanol–water partition coefficient (Wildman–Crippen LogP) is 2.24. The van der Waals surface area contributed by atoms with Crippen LogP contribution in [0.4, 0.5) is 0 Å². The predicted molar refractivity (Wildman–Crippen MR) is 81.2 cm³/mol. The highest BCUT2D eigenvalue weighted by molar-refractivity contribution is 8.18. The van der Waals surface area contributed by atoms with E-state index in [1.165, 1.54) is 16.7 Å². The average Bonchev–Trinajstić information content (AvgIpc) is 2.74.